The maximum absolute atomic E-state index is 12.6. The van der Waals surface area contributed by atoms with Crippen LogP contribution in [0.2, 0.25) is 0 Å². The Kier molecular flexibility index (Phi) is 5.17. The Hall–Kier alpha value is -0.670. The molecule has 2 nitrogen and oxygen atoms in total. The van der Waals surface area contributed by atoms with E-state index in [-0.39, 0.29) is 0 Å². The molecule has 1 aliphatic rings. The van der Waals surface area contributed by atoms with E-state index in [4.69, 9.17) is 0 Å². The molecule has 1 aromatic carbocycles. The van der Waals surface area contributed by atoms with Gasteiger partial charge in [-0.1, -0.05) is 19.1 Å². The maximum Gasteiger partial charge on any atom is 0.0548 e. The maximum atomic E-state index is 12.6. The summed E-state index contributed by atoms with van der Waals surface area (Å²) in [7, 11) is -0.882. The summed E-state index contributed by atoms with van der Waals surface area (Å²) < 4.78 is 12.6. The molecule has 2 atom stereocenters. The highest BCUT2D eigenvalue weighted by atomic mass is 32.2. The van der Waals surface area contributed by atoms with Gasteiger partial charge in [0.15, 0.2) is 0 Å². The van der Waals surface area contributed by atoms with Gasteiger partial charge in [0.25, 0.3) is 0 Å². The molecule has 2 rings (SSSR count). The van der Waals surface area contributed by atoms with Crippen LogP contribution in [0.5, 0.6) is 0 Å². The third-order valence-corrected chi connectivity index (χ3v) is 5.36. The molecule has 1 aliphatic carbocycles. The van der Waals surface area contributed by atoms with Gasteiger partial charge in [0.1, 0.15) is 0 Å². The van der Waals surface area contributed by atoms with E-state index in [2.05, 4.69) is 44.3 Å². The van der Waals surface area contributed by atoms with Crippen LogP contribution in [0.3, 0.4) is 0 Å². The molecule has 0 heterocycles. The van der Waals surface area contributed by atoms with Crippen molar-refractivity contribution in [3.8, 4) is 0 Å². The fourth-order valence-electron chi connectivity index (χ4n) is 2.40. The van der Waals surface area contributed by atoms with Crippen LogP contribution < -0.4 is 5.32 Å². The van der Waals surface area contributed by atoms with Crippen LogP contribution in [0.1, 0.15) is 37.3 Å². The molecule has 106 valence electrons. The summed E-state index contributed by atoms with van der Waals surface area (Å²) in [6, 6.07) is 6.67. The zero-order valence-electron chi connectivity index (χ0n) is 12.2. The standard InChI is InChI=1S/C16H25NOS/c1-4-9-17-15(14-7-8-14)11-19(18)16-10-12(2)5-6-13(16)3/h5-6,10,14-15,17H,4,7-9,11H2,1-3H3. The highest BCUT2D eigenvalue weighted by molar-refractivity contribution is 7.85. The molecule has 1 saturated carbocycles. The molecule has 3 heteroatoms. The molecule has 0 saturated heterocycles. The van der Waals surface area contributed by atoms with Crippen molar-refractivity contribution in [3.05, 3.63) is 29.3 Å². The molecule has 0 amide bonds. The Balaban J connectivity index is 2.03. The van der Waals surface area contributed by atoms with Crippen molar-refractivity contribution in [2.24, 2.45) is 5.92 Å². The van der Waals surface area contributed by atoms with Crippen molar-refractivity contribution in [1.29, 1.82) is 0 Å². The Bertz CT molecular complexity index is 454. The van der Waals surface area contributed by atoms with E-state index in [9.17, 15) is 4.21 Å². The summed E-state index contributed by atoms with van der Waals surface area (Å²) >= 11 is 0. The summed E-state index contributed by atoms with van der Waals surface area (Å²) in [5.74, 6) is 1.51. The smallest absolute Gasteiger partial charge is 0.0548 e. The lowest BCUT2D eigenvalue weighted by atomic mass is 10.2. The average Bonchev–Trinajstić information content (AvgIpc) is 3.21. The van der Waals surface area contributed by atoms with Gasteiger partial charge in [-0.25, -0.2) is 0 Å². The SMILES string of the molecule is CCCNC(CS(=O)c1cc(C)ccc1C)C1CC1. The van der Waals surface area contributed by atoms with Crippen LogP contribution in [0.15, 0.2) is 23.1 Å². The van der Waals surface area contributed by atoms with E-state index in [1.165, 1.54) is 18.4 Å². The quantitative estimate of drug-likeness (QED) is 0.830. The molecule has 0 radical (unpaired) electrons. The number of hydrogen-bond acceptors (Lipinski definition) is 2. The number of rotatable bonds is 7. The summed E-state index contributed by atoms with van der Waals surface area (Å²) in [4.78, 5) is 1.02. The second kappa shape index (κ2) is 6.67. The van der Waals surface area contributed by atoms with Gasteiger partial charge in [-0.2, -0.15) is 0 Å². The van der Waals surface area contributed by atoms with Gasteiger partial charge in [0.05, 0.1) is 10.8 Å². The first-order valence-corrected chi connectivity index (χ1v) is 8.62. The van der Waals surface area contributed by atoms with Crippen molar-refractivity contribution < 1.29 is 4.21 Å². The summed E-state index contributed by atoms with van der Waals surface area (Å²) in [5.41, 5.74) is 2.34. The molecule has 1 aromatic rings. The van der Waals surface area contributed by atoms with Crippen LogP contribution in [0.4, 0.5) is 0 Å². The van der Waals surface area contributed by atoms with E-state index < -0.39 is 10.8 Å². The first kappa shape index (κ1) is 14.7. The first-order valence-electron chi connectivity index (χ1n) is 7.30. The number of nitrogens with one attached hydrogen (secondary N) is 1. The number of benzene rings is 1. The van der Waals surface area contributed by atoms with Crippen LogP contribution in [0.25, 0.3) is 0 Å². The van der Waals surface area contributed by atoms with E-state index in [0.29, 0.717) is 6.04 Å². The summed E-state index contributed by atoms with van der Waals surface area (Å²) in [6.45, 7) is 7.33. The van der Waals surface area contributed by atoms with E-state index in [1.54, 1.807) is 0 Å². The van der Waals surface area contributed by atoms with Crippen molar-refractivity contribution in [2.75, 3.05) is 12.3 Å². The van der Waals surface area contributed by atoms with Gasteiger partial charge in [-0.05, 0) is 62.8 Å². The minimum atomic E-state index is -0.882. The molecule has 0 aromatic heterocycles. The second-order valence-corrected chi connectivity index (χ2v) is 7.14. The highest BCUT2D eigenvalue weighted by Crippen LogP contribution is 2.33. The van der Waals surface area contributed by atoms with E-state index in [0.717, 1.165) is 35.1 Å². The topological polar surface area (TPSA) is 29.1 Å². The van der Waals surface area contributed by atoms with E-state index >= 15 is 0 Å². The third-order valence-electron chi connectivity index (χ3n) is 3.77. The fraction of sp³-hybridized carbons (Fsp3) is 0.625. The van der Waals surface area contributed by atoms with Crippen molar-refractivity contribution in [3.63, 3.8) is 0 Å². The van der Waals surface area contributed by atoms with Crippen LogP contribution >= 0.6 is 0 Å². The van der Waals surface area contributed by atoms with Gasteiger partial charge in [-0.3, -0.25) is 4.21 Å². The second-order valence-electron chi connectivity index (χ2n) is 5.68. The molecule has 1 fully saturated rings. The lowest BCUT2D eigenvalue weighted by Gasteiger charge is -2.18. The van der Waals surface area contributed by atoms with Gasteiger partial charge in [0, 0.05) is 16.7 Å². The largest absolute Gasteiger partial charge is 0.313 e. The highest BCUT2D eigenvalue weighted by Gasteiger charge is 2.32. The minimum Gasteiger partial charge on any atom is -0.313 e. The average molecular weight is 279 g/mol. The van der Waals surface area contributed by atoms with Gasteiger partial charge >= 0.3 is 0 Å². The molecular formula is C16H25NOS. The normalized spacial score (nSPS) is 18.3. The Morgan fingerprint density at radius 3 is 2.74 bits per heavy atom. The molecular weight excluding hydrogens is 254 g/mol. The first-order chi connectivity index (χ1) is 9.11. The monoisotopic (exact) mass is 279 g/mol. The molecule has 19 heavy (non-hydrogen) atoms. The van der Waals surface area contributed by atoms with Crippen molar-refractivity contribution in [2.45, 2.75) is 51.0 Å². The minimum absolute atomic E-state index is 0.431. The summed E-state index contributed by atoms with van der Waals surface area (Å²) in [5, 5.41) is 3.57. The Morgan fingerprint density at radius 2 is 2.11 bits per heavy atom. The molecule has 0 bridgehead atoms. The van der Waals surface area contributed by atoms with Gasteiger partial charge in [-0.15, -0.1) is 0 Å². The lowest BCUT2D eigenvalue weighted by molar-refractivity contribution is 0.498. The molecule has 0 spiro atoms. The predicted molar refractivity (Wildman–Crippen MR) is 82.0 cm³/mol. The third kappa shape index (κ3) is 4.15. The number of hydrogen-bond donors (Lipinski definition) is 1. The van der Waals surface area contributed by atoms with E-state index in [1.807, 2.05) is 0 Å². The lowest BCUT2D eigenvalue weighted by Crippen LogP contribution is -2.36. The van der Waals surface area contributed by atoms with Crippen molar-refractivity contribution >= 4 is 10.8 Å². The Labute approximate surface area is 119 Å². The molecule has 1 N–H and O–H groups in total. The fourth-order valence-corrected chi connectivity index (χ4v) is 4.04. The molecule has 2 unspecified atom stereocenters. The van der Waals surface area contributed by atoms with Gasteiger partial charge in [0.2, 0.25) is 0 Å². The van der Waals surface area contributed by atoms with Crippen LogP contribution in [-0.2, 0) is 10.8 Å². The predicted octanol–water partition coefficient (Wildman–Crippen LogP) is 3.19. The van der Waals surface area contributed by atoms with Crippen LogP contribution in [-0.4, -0.2) is 22.5 Å². The zero-order valence-corrected chi connectivity index (χ0v) is 13.1. The molecule has 0 aliphatic heterocycles. The Morgan fingerprint density at radius 1 is 1.37 bits per heavy atom. The zero-order chi connectivity index (χ0) is 13.8. The van der Waals surface area contributed by atoms with Gasteiger partial charge < -0.3 is 5.32 Å². The van der Waals surface area contributed by atoms with Crippen molar-refractivity contribution in [1.82, 2.24) is 5.32 Å². The number of aryl methyl sites for hydroxylation is 2. The van der Waals surface area contributed by atoms with Crippen LogP contribution in [0, 0.1) is 19.8 Å². The summed E-state index contributed by atoms with van der Waals surface area (Å²) in [6.07, 6.45) is 3.73.